The van der Waals surface area contributed by atoms with Crippen LogP contribution in [0.4, 0.5) is 10.2 Å². The Bertz CT molecular complexity index is 625. The number of phenolic OH excluding ortho intramolecular Hbond substituents is 1. The van der Waals surface area contributed by atoms with Crippen LogP contribution in [0.3, 0.4) is 0 Å². The van der Waals surface area contributed by atoms with Crippen LogP contribution in [0.15, 0.2) is 12.3 Å². The molecule has 0 unspecified atom stereocenters. The number of ether oxygens (including phenoxy) is 2. The fourth-order valence-electron chi connectivity index (χ4n) is 1.84. The lowest BCUT2D eigenvalue weighted by atomic mass is 10.0. The smallest absolute Gasteiger partial charge is 0.172 e. The van der Waals surface area contributed by atoms with Crippen LogP contribution in [0.25, 0.3) is 11.1 Å². The van der Waals surface area contributed by atoms with Crippen molar-refractivity contribution in [3.63, 3.8) is 0 Å². The van der Waals surface area contributed by atoms with E-state index in [1.807, 2.05) is 0 Å². The largest absolute Gasteiger partial charge is 0.504 e. The van der Waals surface area contributed by atoms with Gasteiger partial charge in [0.2, 0.25) is 0 Å². The van der Waals surface area contributed by atoms with Crippen molar-refractivity contribution in [2.45, 2.75) is 0 Å². The van der Waals surface area contributed by atoms with E-state index in [0.29, 0.717) is 5.56 Å². The highest BCUT2D eigenvalue weighted by Gasteiger charge is 2.24. The average Bonchev–Trinajstić information content (AvgIpc) is 2.72. The predicted octanol–water partition coefficient (Wildman–Crippen LogP) is 1.53. The van der Waals surface area contributed by atoms with Gasteiger partial charge in [0.05, 0.1) is 31.5 Å². The minimum atomic E-state index is -0.823. The molecule has 1 aromatic carbocycles. The standard InChI is InChI=1S/C12H14FN3O3/c1-16-12(14)6(5-15-16)9-10(17)7(13)4-8(18-2)11(9)19-3/h4-5,17H,14H2,1-3H3. The van der Waals surface area contributed by atoms with Crippen molar-refractivity contribution in [1.82, 2.24) is 9.78 Å². The highest BCUT2D eigenvalue weighted by Crippen LogP contribution is 2.46. The maximum Gasteiger partial charge on any atom is 0.172 e. The minimum absolute atomic E-state index is 0.116. The van der Waals surface area contributed by atoms with Crippen LogP contribution >= 0.6 is 0 Å². The Morgan fingerprint density at radius 3 is 2.53 bits per heavy atom. The normalized spacial score (nSPS) is 10.5. The molecule has 6 nitrogen and oxygen atoms in total. The van der Waals surface area contributed by atoms with Crippen LogP contribution in [0.5, 0.6) is 17.2 Å². The molecule has 1 aromatic heterocycles. The number of aromatic nitrogens is 2. The van der Waals surface area contributed by atoms with Gasteiger partial charge in [0, 0.05) is 13.1 Å². The quantitative estimate of drug-likeness (QED) is 0.881. The summed E-state index contributed by atoms with van der Waals surface area (Å²) >= 11 is 0. The van der Waals surface area contributed by atoms with Gasteiger partial charge in [0.25, 0.3) is 0 Å². The summed E-state index contributed by atoms with van der Waals surface area (Å²) in [5.41, 5.74) is 6.32. The zero-order valence-corrected chi connectivity index (χ0v) is 10.8. The number of phenols is 1. The summed E-state index contributed by atoms with van der Waals surface area (Å²) in [6.45, 7) is 0. The molecule has 0 aliphatic carbocycles. The second-order valence-electron chi connectivity index (χ2n) is 3.88. The van der Waals surface area contributed by atoms with Gasteiger partial charge in [-0.2, -0.15) is 5.10 Å². The number of nitrogens with zero attached hydrogens (tertiary/aromatic N) is 2. The first kappa shape index (κ1) is 13.0. The number of methoxy groups -OCH3 is 2. The summed E-state index contributed by atoms with van der Waals surface area (Å²) in [5.74, 6) is -0.744. The Balaban J connectivity index is 2.81. The van der Waals surface area contributed by atoms with Crippen molar-refractivity contribution in [2.75, 3.05) is 20.0 Å². The summed E-state index contributed by atoms with van der Waals surface area (Å²) in [6.07, 6.45) is 1.42. The van der Waals surface area contributed by atoms with Crippen LogP contribution in [0.1, 0.15) is 0 Å². The van der Waals surface area contributed by atoms with Gasteiger partial charge in [-0.05, 0) is 0 Å². The van der Waals surface area contributed by atoms with Crippen molar-refractivity contribution >= 4 is 5.82 Å². The highest BCUT2D eigenvalue weighted by molar-refractivity contribution is 5.85. The van der Waals surface area contributed by atoms with Crippen LogP contribution in [-0.2, 0) is 7.05 Å². The molecule has 3 N–H and O–H groups in total. The van der Waals surface area contributed by atoms with Crippen molar-refractivity contribution in [1.29, 1.82) is 0 Å². The van der Waals surface area contributed by atoms with E-state index in [1.54, 1.807) is 7.05 Å². The van der Waals surface area contributed by atoms with E-state index in [9.17, 15) is 9.50 Å². The fraction of sp³-hybridized carbons (Fsp3) is 0.250. The molecule has 2 aromatic rings. The highest BCUT2D eigenvalue weighted by atomic mass is 19.1. The van der Waals surface area contributed by atoms with Crippen molar-refractivity contribution in [2.24, 2.45) is 7.05 Å². The minimum Gasteiger partial charge on any atom is -0.504 e. The van der Waals surface area contributed by atoms with Gasteiger partial charge < -0.3 is 20.3 Å². The first-order valence-electron chi connectivity index (χ1n) is 5.42. The topological polar surface area (TPSA) is 82.5 Å². The van der Waals surface area contributed by atoms with Gasteiger partial charge in [0.1, 0.15) is 5.82 Å². The number of benzene rings is 1. The lowest BCUT2D eigenvalue weighted by Gasteiger charge is -2.14. The fourth-order valence-corrected chi connectivity index (χ4v) is 1.84. The summed E-state index contributed by atoms with van der Waals surface area (Å²) in [5, 5.41) is 13.9. The number of nitrogens with two attached hydrogens (primary N) is 1. The summed E-state index contributed by atoms with van der Waals surface area (Å²) in [7, 11) is 4.41. The predicted molar refractivity (Wildman–Crippen MR) is 67.8 cm³/mol. The Morgan fingerprint density at radius 1 is 1.37 bits per heavy atom. The zero-order valence-electron chi connectivity index (χ0n) is 10.8. The Kier molecular flexibility index (Phi) is 3.20. The van der Waals surface area contributed by atoms with Gasteiger partial charge in [-0.25, -0.2) is 4.39 Å². The Labute approximate surface area is 109 Å². The van der Waals surface area contributed by atoms with Crippen LogP contribution in [-0.4, -0.2) is 29.1 Å². The molecular weight excluding hydrogens is 253 g/mol. The van der Waals surface area contributed by atoms with Crippen molar-refractivity contribution < 1.29 is 19.0 Å². The van der Waals surface area contributed by atoms with Crippen LogP contribution < -0.4 is 15.2 Å². The third-order valence-corrected chi connectivity index (χ3v) is 2.85. The number of aryl methyl sites for hydroxylation is 1. The molecule has 0 saturated carbocycles. The molecule has 0 aliphatic heterocycles. The summed E-state index contributed by atoms with van der Waals surface area (Å²) in [6, 6.07) is 1.05. The van der Waals surface area contributed by atoms with Gasteiger partial charge in [0.15, 0.2) is 23.1 Å². The van der Waals surface area contributed by atoms with Gasteiger partial charge in [-0.3, -0.25) is 4.68 Å². The molecule has 0 bridgehead atoms. The molecule has 0 radical (unpaired) electrons. The molecule has 0 aliphatic rings. The third-order valence-electron chi connectivity index (χ3n) is 2.85. The first-order valence-corrected chi connectivity index (χ1v) is 5.42. The second kappa shape index (κ2) is 4.68. The molecule has 19 heavy (non-hydrogen) atoms. The molecule has 2 rings (SSSR count). The van der Waals surface area contributed by atoms with Crippen molar-refractivity contribution in [3.05, 3.63) is 18.1 Å². The molecule has 0 atom stereocenters. The molecule has 0 spiro atoms. The second-order valence-corrected chi connectivity index (χ2v) is 3.88. The maximum absolute atomic E-state index is 13.7. The van der Waals surface area contributed by atoms with Gasteiger partial charge in [-0.15, -0.1) is 0 Å². The van der Waals surface area contributed by atoms with E-state index >= 15 is 0 Å². The van der Waals surface area contributed by atoms with E-state index in [-0.39, 0.29) is 22.9 Å². The maximum atomic E-state index is 13.7. The van der Waals surface area contributed by atoms with E-state index < -0.39 is 11.6 Å². The van der Waals surface area contributed by atoms with E-state index in [2.05, 4.69) is 5.10 Å². The number of rotatable bonds is 3. The van der Waals surface area contributed by atoms with Crippen molar-refractivity contribution in [3.8, 4) is 28.4 Å². The van der Waals surface area contributed by atoms with Gasteiger partial charge >= 0.3 is 0 Å². The average molecular weight is 267 g/mol. The van der Waals surface area contributed by atoms with Crippen LogP contribution in [0, 0.1) is 5.82 Å². The first-order chi connectivity index (χ1) is 9.01. The number of halogens is 1. The number of anilines is 1. The van der Waals surface area contributed by atoms with Gasteiger partial charge in [-0.1, -0.05) is 0 Å². The zero-order chi connectivity index (χ0) is 14.2. The molecule has 0 fully saturated rings. The lowest BCUT2D eigenvalue weighted by Crippen LogP contribution is -2.00. The van der Waals surface area contributed by atoms with Crippen LogP contribution in [0.2, 0.25) is 0 Å². The number of nitrogen functional groups attached to an aromatic ring is 1. The monoisotopic (exact) mass is 267 g/mol. The van der Waals surface area contributed by atoms with E-state index in [4.69, 9.17) is 15.2 Å². The molecular formula is C12H14FN3O3. The Morgan fingerprint density at radius 2 is 2.05 bits per heavy atom. The summed E-state index contributed by atoms with van der Waals surface area (Å²) < 4.78 is 25.3. The number of hydrogen-bond acceptors (Lipinski definition) is 5. The van der Waals surface area contributed by atoms with E-state index in [0.717, 1.165) is 6.07 Å². The summed E-state index contributed by atoms with van der Waals surface area (Å²) in [4.78, 5) is 0. The molecule has 0 amide bonds. The third kappa shape index (κ3) is 1.92. The molecule has 0 saturated heterocycles. The molecule has 102 valence electrons. The SMILES string of the molecule is COc1cc(F)c(O)c(-c2cnn(C)c2N)c1OC. The lowest BCUT2D eigenvalue weighted by molar-refractivity contribution is 0.347. The molecule has 7 heteroatoms. The number of aromatic hydroxyl groups is 1. The molecule has 1 heterocycles. The van der Waals surface area contributed by atoms with E-state index in [1.165, 1.54) is 25.1 Å². The Hall–Kier alpha value is -2.44. The number of hydrogen-bond donors (Lipinski definition) is 2.